The molecule has 1 aliphatic rings. The maximum Gasteiger partial charge on any atom is 0.0936 e. The van der Waals surface area contributed by atoms with Crippen molar-refractivity contribution in [1.29, 1.82) is 0 Å². The highest BCUT2D eigenvalue weighted by Crippen LogP contribution is 2.08. The molecular weight excluding hydrogens is 214 g/mol. The number of nitrogens with zero attached hydrogens (tertiary/aromatic N) is 1. The highest BCUT2D eigenvalue weighted by molar-refractivity contribution is 5.21. The van der Waals surface area contributed by atoms with Gasteiger partial charge < -0.3 is 9.47 Å². The minimum atomic E-state index is 0.221. The number of hydrogen-bond acceptors (Lipinski definition) is 3. The SMILES string of the molecule is Cc1cccc(CN(C)C[C@H]2COCCO2)c1. The highest BCUT2D eigenvalue weighted by atomic mass is 16.6. The Labute approximate surface area is 103 Å². The van der Waals surface area contributed by atoms with Crippen LogP contribution in [0.25, 0.3) is 0 Å². The predicted octanol–water partition coefficient (Wildman–Crippen LogP) is 1.84. The van der Waals surface area contributed by atoms with Crippen LogP contribution in [0.4, 0.5) is 0 Å². The first-order chi connectivity index (χ1) is 8.24. The summed E-state index contributed by atoms with van der Waals surface area (Å²) in [4.78, 5) is 2.29. The van der Waals surface area contributed by atoms with Crippen molar-refractivity contribution in [2.45, 2.75) is 19.6 Å². The normalized spacial score (nSPS) is 20.8. The van der Waals surface area contributed by atoms with Crippen LogP contribution < -0.4 is 0 Å². The first kappa shape index (κ1) is 12.6. The lowest BCUT2D eigenvalue weighted by Gasteiger charge is -2.27. The van der Waals surface area contributed by atoms with Crippen molar-refractivity contribution in [3.63, 3.8) is 0 Å². The molecule has 0 saturated carbocycles. The van der Waals surface area contributed by atoms with Crippen LogP contribution in [-0.2, 0) is 16.0 Å². The van der Waals surface area contributed by atoms with Gasteiger partial charge in [-0.1, -0.05) is 29.8 Å². The van der Waals surface area contributed by atoms with E-state index in [1.165, 1.54) is 11.1 Å². The lowest BCUT2D eigenvalue weighted by molar-refractivity contribution is -0.0962. The van der Waals surface area contributed by atoms with Crippen molar-refractivity contribution in [1.82, 2.24) is 4.90 Å². The molecule has 0 unspecified atom stereocenters. The van der Waals surface area contributed by atoms with E-state index in [4.69, 9.17) is 9.47 Å². The molecule has 1 fully saturated rings. The molecule has 0 spiro atoms. The van der Waals surface area contributed by atoms with Crippen molar-refractivity contribution in [2.75, 3.05) is 33.4 Å². The quantitative estimate of drug-likeness (QED) is 0.795. The zero-order valence-corrected chi connectivity index (χ0v) is 10.7. The molecule has 1 aromatic carbocycles. The molecular formula is C14H21NO2. The van der Waals surface area contributed by atoms with Crippen molar-refractivity contribution < 1.29 is 9.47 Å². The minimum absolute atomic E-state index is 0.221. The largest absolute Gasteiger partial charge is 0.376 e. The molecule has 0 amide bonds. The average molecular weight is 235 g/mol. The Morgan fingerprint density at radius 2 is 2.24 bits per heavy atom. The molecule has 1 aromatic rings. The van der Waals surface area contributed by atoms with Gasteiger partial charge in [0, 0.05) is 13.1 Å². The van der Waals surface area contributed by atoms with Gasteiger partial charge in [0.2, 0.25) is 0 Å². The van der Waals surface area contributed by atoms with Crippen LogP contribution in [0.2, 0.25) is 0 Å². The molecule has 0 N–H and O–H groups in total. The Morgan fingerprint density at radius 1 is 1.35 bits per heavy atom. The van der Waals surface area contributed by atoms with E-state index in [0.717, 1.165) is 32.9 Å². The summed E-state index contributed by atoms with van der Waals surface area (Å²) in [7, 11) is 2.13. The molecule has 3 heteroatoms. The fourth-order valence-corrected chi connectivity index (χ4v) is 2.18. The highest BCUT2D eigenvalue weighted by Gasteiger charge is 2.16. The monoisotopic (exact) mass is 235 g/mol. The van der Waals surface area contributed by atoms with Gasteiger partial charge in [0.05, 0.1) is 25.9 Å². The van der Waals surface area contributed by atoms with Crippen LogP contribution in [0, 0.1) is 6.92 Å². The van der Waals surface area contributed by atoms with E-state index in [1.54, 1.807) is 0 Å². The Kier molecular flexibility index (Phi) is 4.54. The van der Waals surface area contributed by atoms with Crippen molar-refractivity contribution in [3.05, 3.63) is 35.4 Å². The summed E-state index contributed by atoms with van der Waals surface area (Å²) in [5, 5.41) is 0. The molecule has 2 rings (SSSR count). The number of ether oxygens (including phenoxy) is 2. The molecule has 3 nitrogen and oxygen atoms in total. The number of benzene rings is 1. The summed E-state index contributed by atoms with van der Waals surface area (Å²) in [6.07, 6.45) is 0.221. The molecule has 0 radical (unpaired) electrons. The van der Waals surface area contributed by atoms with Gasteiger partial charge in [-0.2, -0.15) is 0 Å². The molecule has 1 heterocycles. The van der Waals surface area contributed by atoms with Gasteiger partial charge in [-0.25, -0.2) is 0 Å². The maximum atomic E-state index is 5.64. The van der Waals surface area contributed by atoms with Crippen LogP contribution in [-0.4, -0.2) is 44.4 Å². The third-order valence-corrected chi connectivity index (χ3v) is 2.94. The molecule has 1 saturated heterocycles. The molecule has 1 atom stereocenters. The van der Waals surface area contributed by atoms with E-state index in [2.05, 4.69) is 43.1 Å². The zero-order valence-electron chi connectivity index (χ0n) is 10.7. The van der Waals surface area contributed by atoms with Crippen LogP contribution in [0.1, 0.15) is 11.1 Å². The maximum absolute atomic E-state index is 5.64. The summed E-state index contributed by atoms with van der Waals surface area (Å²) in [5.41, 5.74) is 2.66. The third kappa shape index (κ3) is 4.11. The molecule has 0 aromatic heterocycles. The second kappa shape index (κ2) is 6.15. The third-order valence-electron chi connectivity index (χ3n) is 2.94. The number of hydrogen-bond donors (Lipinski definition) is 0. The van der Waals surface area contributed by atoms with Crippen LogP contribution >= 0.6 is 0 Å². The first-order valence-electron chi connectivity index (χ1n) is 6.17. The van der Waals surface area contributed by atoms with Crippen molar-refractivity contribution >= 4 is 0 Å². The van der Waals surface area contributed by atoms with E-state index >= 15 is 0 Å². The van der Waals surface area contributed by atoms with Gasteiger partial charge in [0.1, 0.15) is 0 Å². The predicted molar refractivity (Wildman–Crippen MR) is 68.1 cm³/mol. The first-order valence-corrected chi connectivity index (χ1v) is 6.17. The van der Waals surface area contributed by atoms with Gasteiger partial charge in [-0.3, -0.25) is 4.90 Å². The Hall–Kier alpha value is -0.900. The summed E-state index contributed by atoms with van der Waals surface area (Å²) < 4.78 is 11.0. The topological polar surface area (TPSA) is 21.7 Å². The number of likely N-dealkylation sites (N-methyl/N-ethyl adjacent to an activating group) is 1. The van der Waals surface area contributed by atoms with Gasteiger partial charge in [-0.05, 0) is 19.5 Å². The van der Waals surface area contributed by atoms with Crippen LogP contribution in [0.3, 0.4) is 0 Å². The zero-order chi connectivity index (χ0) is 12.1. The second-order valence-corrected chi connectivity index (χ2v) is 4.75. The molecule has 17 heavy (non-hydrogen) atoms. The Morgan fingerprint density at radius 3 is 2.94 bits per heavy atom. The van der Waals surface area contributed by atoms with Gasteiger partial charge in [0.15, 0.2) is 0 Å². The standard InChI is InChI=1S/C14H21NO2/c1-12-4-3-5-13(8-12)9-15(2)10-14-11-16-6-7-17-14/h3-5,8,14H,6-7,9-11H2,1-2H3/t14-/m0/s1. The van der Waals surface area contributed by atoms with E-state index in [9.17, 15) is 0 Å². The van der Waals surface area contributed by atoms with Crippen LogP contribution in [0.5, 0.6) is 0 Å². The number of aryl methyl sites for hydroxylation is 1. The fourth-order valence-electron chi connectivity index (χ4n) is 2.18. The summed E-state index contributed by atoms with van der Waals surface area (Å²) in [5.74, 6) is 0. The van der Waals surface area contributed by atoms with Gasteiger partial charge in [0.25, 0.3) is 0 Å². The lowest BCUT2D eigenvalue weighted by Crippen LogP contribution is -2.38. The average Bonchev–Trinajstić information content (AvgIpc) is 2.30. The van der Waals surface area contributed by atoms with Crippen molar-refractivity contribution in [2.24, 2.45) is 0 Å². The Balaban J connectivity index is 1.82. The smallest absolute Gasteiger partial charge is 0.0936 e. The summed E-state index contributed by atoms with van der Waals surface area (Å²) in [6.45, 7) is 6.19. The van der Waals surface area contributed by atoms with Crippen LogP contribution in [0.15, 0.2) is 24.3 Å². The number of rotatable bonds is 4. The van der Waals surface area contributed by atoms with Gasteiger partial charge in [-0.15, -0.1) is 0 Å². The van der Waals surface area contributed by atoms with Gasteiger partial charge >= 0.3 is 0 Å². The second-order valence-electron chi connectivity index (χ2n) is 4.75. The molecule has 1 aliphatic heterocycles. The van der Waals surface area contributed by atoms with E-state index in [-0.39, 0.29) is 6.10 Å². The fraction of sp³-hybridized carbons (Fsp3) is 0.571. The molecule has 94 valence electrons. The Bertz CT molecular complexity index is 348. The molecule has 0 aliphatic carbocycles. The summed E-state index contributed by atoms with van der Waals surface area (Å²) in [6, 6.07) is 8.64. The minimum Gasteiger partial charge on any atom is -0.376 e. The van der Waals surface area contributed by atoms with E-state index in [0.29, 0.717) is 0 Å². The van der Waals surface area contributed by atoms with E-state index in [1.807, 2.05) is 0 Å². The molecule has 0 bridgehead atoms. The summed E-state index contributed by atoms with van der Waals surface area (Å²) >= 11 is 0. The van der Waals surface area contributed by atoms with Crippen molar-refractivity contribution in [3.8, 4) is 0 Å². The van der Waals surface area contributed by atoms with E-state index < -0.39 is 0 Å². The lowest BCUT2D eigenvalue weighted by atomic mass is 10.1.